The minimum absolute atomic E-state index is 0.00815. The standard InChI is InChI=1S/C14H15N3O4.C4H5F3O/c18-8-7-16-4-1-11(9-13(16)19)12-2-5-17(15-10-12)6-3-14(20)21;1-3(8-2)4(5,6)7/h1-2,4-5,9-10,18H,3,6-8H2;1H2,2H3/p+1. The van der Waals surface area contributed by atoms with E-state index in [0.717, 1.165) is 18.2 Å². The molecule has 2 heterocycles. The molecule has 2 rings (SSSR count). The number of hydrogen-bond acceptors (Lipinski definition) is 5. The summed E-state index contributed by atoms with van der Waals surface area (Å²) in [5, 5.41) is 21.6. The maximum Gasteiger partial charge on any atom is 0.448 e. The second kappa shape index (κ2) is 11.0. The molecule has 0 saturated carbocycles. The Morgan fingerprint density at radius 3 is 2.45 bits per heavy atom. The Morgan fingerprint density at radius 2 is 2.03 bits per heavy atom. The van der Waals surface area contributed by atoms with Crippen LogP contribution in [0.1, 0.15) is 6.42 Å². The van der Waals surface area contributed by atoms with Gasteiger partial charge in [0, 0.05) is 30.4 Å². The van der Waals surface area contributed by atoms with Gasteiger partial charge in [-0.05, 0) is 16.7 Å². The molecule has 0 radical (unpaired) electrons. The average molecular weight is 416 g/mol. The molecule has 2 N–H and O–H groups in total. The third-order valence-electron chi connectivity index (χ3n) is 3.56. The lowest BCUT2D eigenvalue weighted by molar-refractivity contribution is -0.752. The molecule has 0 spiro atoms. The van der Waals surface area contributed by atoms with E-state index >= 15 is 0 Å². The van der Waals surface area contributed by atoms with Crippen LogP contribution in [0.3, 0.4) is 0 Å². The monoisotopic (exact) mass is 416 g/mol. The first-order valence-corrected chi connectivity index (χ1v) is 8.28. The fourth-order valence-electron chi connectivity index (χ4n) is 1.99. The lowest BCUT2D eigenvalue weighted by atomic mass is 10.1. The number of hydrogen-bond donors (Lipinski definition) is 2. The number of ether oxygens (including phenoxy) is 1. The Kier molecular flexibility index (Phi) is 9.00. The summed E-state index contributed by atoms with van der Waals surface area (Å²) >= 11 is 0. The van der Waals surface area contributed by atoms with E-state index in [2.05, 4.69) is 16.4 Å². The molecule has 2 aromatic heterocycles. The Balaban J connectivity index is 0.000000447. The first-order valence-electron chi connectivity index (χ1n) is 8.28. The van der Waals surface area contributed by atoms with Crippen LogP contribution in [0.25, 0.3) is 11.1 Å². The maximum absolute atomic E-state index is 11.8. The molecule has 0 fully saturated rings. The van der Waals surface area contributed by atoms with E-state index in [1.54, 1.807) is 30.7 Å². The van der Waals surface area contributed by atoms with Gasteiger partial charge in [-0.15, -0.1) is 0 Å². The summed E-state index contributed by atoms with van der Waals surface area (Å²) in [5.41, 5.74) is 1.31. The van der Waals surface area contributed by atoms with Crippen molar-refractivity contribution in [3.63, 3.8) is 0 Å². The molecule has 29 heavy (non-hydrogen) atoms. The molecule has 0 aliphatic rings. The summed E-state index contributed by atoms with van der Waals surface area (Å²) in [7, 11) is 0.926. The van der Waals surface area contributed by atoms with Crippen LogP contribution in [0.5, 0.6) is 0 Å². The predicted octanol–water partition coefficient (Wildman–Crippen LogP) is 1.37. The van der Waals surface area contributed by atoms with Crippen molar-refractivity contribution in [2.45, 2.75) is 25.7 Å². The van der Waals surface area contributed by atoms with Crippen molar-refractivity contribution >= 4 is 5.97 Å². The summed E-state index contributed by atoms with van der Waals surface area (Å²) in [6.07, 6.45) is 0.493. The van der Waals surface area contributed by atoms with Crippen LogP contribution >= 0.6 is 0 Å². The number of rotatable bonds is 7. The van der Waals surface area contributed by atoms with Crippen molar-refractivity contribution in [1.29, 1.82) is 0 Å². The SMILES string of the molecule is C=C(OC)C(F)(F)F.O=C(O)CC[n+]1ccc(-c2ccn(CCO)c(=O)c2)cn1. The molecule has 0 aromatic carbocycles. The molecular weight excluding hydrogens is 395 g/mol. The minimum atomic E-state index is -4.41. The van der Waals surface area contributed by atoms with Gasteiger partial charge in [0.1, 0.15) is 12.6 Å². The first-order chi connectivity index (χ1) is 13.6. The highest BCUT2D eigenvalue weighted by molar-refractivity contribution is 5.66. The van der Waals surface area contributed by atoms with Crippen molar-refractivity contribution in [1.82, 2.24) is 9.67 Å². The van der Waals surface area contributed by atoms with E-state index in [1.165, 1.54) is 15.3 Å². The Morgan fingerprint density at radius 1 is 1.34 bits per heavy atom. The molecule has 0 unspecified atom stereocenters. The molecule has 2 aromatic rings. The Bertz CT molecular complexity index is 880. The normalized spacial score (nSPS) is 10.7. The highest BCUT2D eigenvalue weighted by Gasteiger charge is 2.33. The van der Waals surface area contributed by atoms with Crippen molar-refractivity contribution in [2.24, 2.45) is 0 Å². The molecule has 0 aliphatic carbocycles. The number of nitrogens with zero attached hydrogens (tertiary/aromatic N) is 3. The Hall–Kier alpha value is -3.21. The Labute approximate surface area is 164 Å². The van der Waals surface area contributed by atoms with E-state index in [-0.39, 0.29) is 25.1 Å². The summed E-state index contributed by atoms with van der Waals surface area (Å²) in [4.78, 5) is 22.3. The van der Waals surface area contributed by atoms with E-state index < -0.39 is 17.9 Å². The molecule has 11 heteroatoms. The summed E-state index contributed by atoms with van der Waals surface area (Å²) < 4.78 is 40.4. The van der Waals surface area contributed by atoms with E-state index in [1.807, 2.05) is 0 Å². The van der Waals surface area contributed by atoms with Gasteiger partial charge in [-0.2, -0.15) is 13.2 Å². The van der Waals surface area contributed by atoms with Gasteiger partial charge in [0.25, 0.3) is 5.56 Å². The molecule has 0 atom stereocenters. The van der Waals surface area contributed by atoms with Crippen molar-refractivity contribution < 1.29 is 37.6 Å². The molecule has 0 amide bonds. The van der Waals surface area contributed by atoms with Gasteiger partial charge in [0.2, 0.25) is 0 Å². The number of allylic oxidation sites excluding steroid dienone is 1. The molecular formula is C18H21F3N3O5+. The van der Waals surface area contributed by atoms with Crippen molar-refractivity contribution in [3.8, 4) is 11.1 Å². The quantitative estimate of drug-likeness (QED) is 0.522. The highest BCUT2D eigenvalue weighted by atomic mass is 19.4. The minimum Gasteiger partial charge on any atom is -0.493 e. The number of aliphatic carboxylic acids is 1. The number of aromatic nitrogens is 3. The lowest BCUT2D eigenvalue weighted by Crippen LogP contribution is -2.38. The first kappa shape index (κ1) is 23.8. The summed E-state index contributed by atoms with van der Waals surface area (Å²) in [6.45, 7) is 3.07. The molecule has 0 bridgehead atoms. The smallest absolute Gasteiger partial charge is 0.448 e. The fraction of sp³-hybridized carbons (Fsp3) is 0.333. The van der Waals surface area contributed by atoms with Crippen LogP contribution in [0.15, 0.2) is 53.9 Å². The second-order valence-corrected chi connectivity index (χ2v) is 5.62. The van der Waals surface area contributed by atoms with Gasteiger partial charge in [-0.25, -0.2) is 0 Å². The zero-order chi connectivity index (χ0) is 22.0. The summed E-state index contributed by atoms with van der Waals surface area (Å²) in [5.74, 6) is -2.04. The molecule has 0 saturated heterocycles. The molecule has 0 aliphatic heterocycles. The lowest BCUT2D eigenvalue weighted by Gasteiger charge is -2.06. The average Bonchev–Trinajstić information content (AvgIpc) is 2.67. The van der Waals surface area contributed by atoms with Crippen molar-refractivity contribution in [2.75, 3.05) is 13.7 Å². The van der Waals surface area contributed by atoms with Crippen LogP contribution in [0.2, 0.25) is 0 Å². The number of aliphatic hydroxyl groups excluding tert-OH is 1. The number of halogens is 3. The fourth-order valence-corrected chi connectivity index (χ4v) is 1.99. The molecule has 8 nitrogen and oxygen atoms in total. The van der Waals surface area contributed by atoms with Crippen LogP contribution in [0, 0.1) is 0 Å². The number of pyridine rings is 1. The van der Waals surface area contributed by atoms with Gasteiger partial charge in [-0.1, -0.05) is 11.3 Å². The van der Waals surface area contributed by atoms with Crippen LogP contribution in [-0.4, -0.2) is 45.7 Å². The van der Waals surface area contributed by atoms with Gasteiger partial charge < -0.3 is 19.5 Å². The predicted molar refractivity (Wildman–Crippen MR) is 95.7 cm³/mol. The number of aliphatic hydroxyl groups is 1. The maximum atomic E-state index is 11.8. The van der Waals surface area contributed by atoms with E-state index in [0.29, 0.717) is 6.54 Å². The van der Waals surface area contributed by atoms with Gasteiger partial charge >= 0.3 is 12.1 Å². The van der Waals surface area contributed by atoms with Crippen LogP contribution in [-0.2, 0) is 22.6 Å². The topological polar surface area (TPSA) is 106 Å². The summed E-state index contributed by atoms with van der Waals surface area (Å²) in [6, 6.07) is 5.03. The third kappa shape index (κ3) is 8.13. The van der Waals surface area contributed by atoms with E-state index in [9.17, 15) is 22.8 Å². The zero-order valence-electron chi connectivity index (χ0n) is 15.6. The number of carboxylic acid groups (broad SMARTS) is 1. The van der Waals surface area contributed by atoms with Gasteiger partial charge in [0.15, 0.2) is 18.5 Å². The van der Waals surface area contributed by atoms with Gasteiger partial charge in [0.05, 0.1) is 13.7 Å². The number of carboxylic acids is 1. The van der Waals surface area contributed by atoms with Gasteiger partial charge in [-0.3, -0.25) is 9.59 Å². The third-order valence-corrected chi connectivity index (χ3v) is 3.56. The number of carbonyl (C=O) groups is 1. The number of aryl methyl sites for hydroxylation is 1. The van der Waals surface area contributed by atoms with Crippen LogP contribution in [0.4, 0.5) is 13.2 Å². The van der Waals surface area contributed by atoms with Crippen LogP contribution < -0.4 is 10.2 Å². The van der Waals surface area contributed by atoms with Crippen molar-refractivity contribution in [3.05, 3.63) is 59.5 Å². The van der Waals surface area contributed by atoms with E-state index in [4.69, 9.17) is 10.2 Å². The molecule has 158 valence electrons. The highest BCUT2D eigenvalue weighted by Crippen LogP contribution is 2.23. The zero-order valence-corrected chi connectivity index (χ0v) is 15.6. The largest absolute Gasteiger partial charge is 0.493 e. The number of methoxy groups -OCH3 is 1. The second-order valence-electron chi connectivity index (χ2n) is 5.62. The number of alkyl halides is 3.